The summed E-state index contributed by atoms with van der Waals surface area (Å²) < 4.78 is 32.0. The van der Waals surface area contributed by atoms with Crippen LogP contribution in [0, 0.1) is 0 Å². The molecule has 1 fully saturated rings. The highest BCUT2D eigenvalue weighted by Gasteiger charge is 2.48. The predicted octanol–water partition coefficient (Wildman–Crippen LogP) is 6.45. The molecule has 2 aliphatic rings. The topological polar surface area (TPSA) is 47.0 Å². The Kier molecular flexibility index (Phi) is 5.19. The lowest BCUT2D eigenvalue weighted by Crippen LogP contribution is -2.20. The van der Waals surface area contributed by atoms with E-state index in [0.29, 0.717) is 11.4 Å². The molecule has 0 amide bonds. The van der Waals surface area contributed by atoms with Gasteiger partial charge in [0.05, 0.1) is 12.1 Å². The molecule has 4 nitrogen and oxygen atoms in total. The lowest BCUT2D eigenvalue weighted by molar-refractivity contribution is -0.159. The van der Waals surface area contributed by atoms with Crippen molar-refractivity contribution in [3.05, 3.63) is 83.3 Å². The van der Waals surface area contributed by atoms with Crippen LogP contribution < -0.4 is 10.1 Å². The van der Waals surface area contributed by atoms with Crippen molar-refractivity contribution in [2.24, 2.45) is 0 Å². The summed E-state index contributed by atoms with van der Waals surface area (Å²) in [5, 5.41) is 3.41. The molecule has 1 N–H and O–H groups in total. The van der Waals surface area contributed by atoms with Crippen molar-refractivity contribution in [1.29, 1.82) is 0 Å². The van der Waals surface area contributed by atoms with Crippen LogP contribution in [-0.4, -0.2) is 16.1 Å². The van der Waals surface area contributed by atoms with Gasteiger partial charge in [0.25, 0.3) is 0 Å². The van der Waals surface area contributed by atoms with Crippen LogP contribution >= 0.6 is 0 Å². The van der Waals surface area contributed by atoms with Gasteiger partial charge in [-0.05, 0) is 61.1 Å². The van der Waals surface area contributed by atoms with Crippen molar-refractivity contribution < 1.29 is 13.5 Å². The van der Waals surface area contributed by atoms with Gasteiger partial charge in [0.2, 0.25) is 0 Å². The van der Waals surface area contributed by atoms with Crippen LogP contribution in [0.3, 0.4) is 0 Å². The van der Waals surface area contributed by atoms with Gasteiger partial charge >= 0.3 is 6.11 Å². The zero-order chi connectivity index (χ0) is 23.2. The van der Waals surface area contributed by atoms with Crippen LogP contribution in [0.4, 0.5) is 14.6 Å². The quantitative estimate of drug-likeness (QED) is 0.452. The predicted molar refractivity (Wildman–Crippen MR) is 126 cm³/mol. The van der Waals surface area contributed by atoms with Crippen molar-refractivity contribution in [3.8, 4) is 17.0 Å². The van der Waals surface area contributed by atoms with Crippen LogP contribution in [0.2, 0.25) is 0 Å². The molecule has 5 rings (SSSR count). The van der Waals surface area contributed by atoms with E-state index in [1.54, 1.807) is 6.07 Å². The first-order valence-corrected chi connectivity index (χ1v) is 11.5. The molecule has 0 saturated heterocycles. The average molecular weight is 448 g/mol. The van der Waals surface area contributed by atoms with E-state index >= 15 is 0 Å². The number of alkyl halides is 2. The second-order valence-electron chi connectivity index (χ2n) is 8.87. The van der Waals surface area contributed by atoms with Gasteiger partial charge in [0.1, 0.15) is 11.6 Å². The molecule has 0 bridgehead atoms. The van der Waals surface area contributed by atoms with Gasteiger partial charge in [-0.3, -0.25) is 4.98 Å². The number of allylic oxidation sites excluding steroid dienone is 1. The molecule has 33 heavy (non-hydrogen) atoms. The molecule has 3 heterocycles. The summed E-state index contributed by atoms with van der Waals surface area (Å²) in [6.45, 7) is 8.50. The number of benzene rings is 1. The van der Waals surface area contributed by atoms with Gasteiger partial charge in [-0.15, -0.1) is 0 Å². The number of aryl methyl sites for hydroxylation is 2. The Morgan fingerprint density at radius 3 is 2.58 bits per heavy atom. The largest absolute Gasteiger partial charge is 0.432 e. The summed E-state index contributed by atoms with van der Waals surface area (Å²) in [7, 11) is 0. The molecule has 0 unspecified atom stereocenters. The van der Waals surface area contributed by atoms with Gasteiger partial charge < -0.3 is 10.1 Å². The minimum absolute atomic E-state index is 0.266. The molecule has 1 saturated carbocycles. The Morgan fingerprint density at radius 1 is 1.09 bits per heavy atom. The molecular weight excluding hydrogens is 420 g/mol. The number of halogens is 2. The summed E-state index contributed by atoms with van der Waals surface area (Å²) in [6, 6.07) is 13.5. The third kappa shape index (κ3) is 3.99. The standard InChI is InChI=1S/C27H27F2N3O/c1-4-18-7-11-24(32-25(18)19-6-9-22(5-2)30-16-19)31-17(3)26(12-13-26)21-8-10-23-20(14-21)15-27(28,29)33-23/h6-11,14,16H,3-5,12-13,15H2,1-2H3,(H,31,32). The second kappa shape index (κ2) is 7.94. The lowest BCUT2D eigenvalue weighted by atomic mass is 9.91. The molecule has 6 heteroatoms. The fourth-order valence-electron chi connectivity index (χ4n) is 4.56. The fourth-order valence-corrected chi connectivity index (χ4v) is 4.56. The second-order valence-corrected chi connectivity index (χ2v) is 8.87. The van der Waals surface area contributed by atoms with Gasteiger partial charge in [-0.2, -0.15) is 8.78 Å². The minimum atomic E-state index is -3.13. The number of hydrogen-bond acceptors (Lipinski definition) is 4. The molecule has 0 spiro atoms. The smallest absolute Gasteiger partial charge is 0.402 e. The maximum absolute atomic E-state index is 13.6. The zero-order valence-corrected chi connectivity index (χ0v) is 18.9. The van der Waals surface area contributed by atoms with Crippen molar-refractivity contribution >= 4 is 5.82 Å². The molecule has 170 valence electrons. The molecular formula is C27H27F2N3O. The minimum Gasteiger partial charge on any atom is -0.432 e. The summed E-state index contributed by atoms with van der Waals surface area (Å²) in [5.74, 6) is 0.983. The Bertz CT molecular complexity index is 1220. The maximum atomic E-state index is 13.6. The number of aromatic nitrogens is 2. The first kappa shape index (κ1) is 21.6. The van der Waals surface area contributed by atoms with E-state index in [2.05, 4.69) is 42.9 Å². The molecule has 1 aromatic carbocycles. The SMILES string of the molecule is C=C(Nc1ccc(CC)c(-c2ccc(CC)nc2)n1)C1(c2ccc3c(c2)CC(F)(F)O3)CC1. The molecule has 0 radical (unpaired) electrons. The van der Waals surface area contributed by atoms with Crippen molar-refractivity contribution in [2.45, 2.75) is 57.5 Å². The van der Waals surface area contributed by atoms with Crippen LogP contribution in [0.5, 0.6) is 5.75 Å². The Hall–Kier alpha value is -3.28. The van der Waals surface area contributed by atoms with Gasteiger partial charge in [0.15, 0.2) is 0 Å². The van der Waals surface area contributed by atoms with Crippen LogP contribution in [0.15, 0.2) is 60.9 Å². The Morgan fingerprint density at radius 2 is 1.91 bits per heavy atom. The number of ether oxygens (including phenoxy) is 1. The Labute approximate surface area is 192 Å². The molecule has 2 aromatic heterocycles. The van der Waals surface area contributed by atoms with E-state index < -0.39 is 6.11 Å². The normalized spacial score (nSPS) is 17.2. The number of pyridine rings is 2. The zero-order valence-electron chi connectivity index (χ0n) is 18.9. The van der Waals surface area contributed by atoms with Gasteiger partial charge in [0, 0.05) is 34.1 Å². The van der Waals surface area contributed by atoms with Crippen molar-refractivity contribution in [3.63, 3.8) is 0 Å². The van der Waals surface area contributed by atoms with E-state index in [9.17, 15) is 8.78 Å². The van der Waals surface area contributed by atoms with Gasteiger partial charge in [-0.1, -0.05) is 38.6 Å². The fraction of sp³-hybridized carbons (Fsp3) is 0.333. The molecule has 0 atom stereocenters. The third-order valence-corrected chi connectivity index (χ3v) is 6.70. The summed E-state index contributed by atoms with van der Waals surface area (Å²) in [6.07, 6.45) is 1.95. The number of rotatable bonds is 7. The molecule has 1 aliphatic carbocycles. The number of hydrogen-bond donors (Lipinski definition) is 1. The van der Waals surface area contributed by atoms with E-state index in [-0.39, 0.29) is 17.6 Å². The third-order valence-electron chi connectivity index (χ3n) is 6.70. The highest BCUT2D eigenvalue weighted by atomic mass is 19.3. The van der Waals surface area contributed by atoms with E-state index in [1.807, 2.05) is 30.5 Å². The summed E-state index contributed by atoms with van der Waals surface area (Å²) in [5.41, 5.74) is 6.19. The first-order valence-electron chi connectivity index (χ1n) is 11.5. The van der Waals surface area contributed by atoms with E-state index in [1.165, 1.54) is 0 Å². The Balaban J connectivity index is 1.40. The average Bonchev–Trinajstić information content (AvgIpc) is 3.56. The van der Waals surface area contributed by atoms with Crippen LogP contribution in [-0.2, 0) is 24.7 Å². The highest BCUT2D eigenvalue weighted by molar-refractivity contribution is 5.66. The van der Waals surface area contributed by atoms with Crippen molar-refractivity contribution in [2.75, 3.05) is 5.32 Å². The van der Waals surface area contributed by atoms with Crippen molar-refractivity contribution in [1.82, 2.24) is 9.97 Å². The number of nitrogens with zero attached hydrogens (tertiary/aromatic N) is 2. The number of anilines is 1. The van der Waals surface area contributed by atoms with E-state index in [4.69, 9.17) is 9.72 Å². The van der Waals surface area contributed by atoms with Crippen LogP contribution in [0.25, 0.3) is 11.3 Å². The summed E-state index contributed by atoms with van der Waals surface area (Å²) >= 11 is 0. The van der Waals surface area contributed by atoms with Gasteiger partial charge in [-0.25, -0.2) is 4.98 Å². The lowest BCUT2D eigenvalue weighted by Gasteiger charge is -2.21. The van der Waals surface area contributed by atoms with Crippen LogP contribution in [0.1, 0.15) is 49.1 Å². The monoisotopic (exact) mass is 447 g/mol. The first-order chi connectivity index (χ1) is 15.8. The number of nitrogens with one attached hydrogen (secondary N) is 1. The number of fused-ring (bicyclic) bond motifs is 1. The summed E-state index contributed by atoms with van der Waals surface area (Å²) in [4.78, 5) is 9.42. The molecule has 1 aliphatic heterocycles. The van der Waals surface area contributed by atoms with E-state index in [0.717, 1.165) is 59.5 Å². The highest BCUT2D eigenvalue weighted by Crippen LogP contribution is 2.54. The maximum Gasteiger partial charge on any atom is 0.402 e. The molecule has 3 aromatic rings.